The van der Waals surface area contributed by atoms with E-state index in [1.807, 2.05) is 30.3 Å². The first-order chi connectivity index (χ1) is 8.02. The molecule has 0 saturated carbocycles. The van der Waals surface area contributed by atoms with E-state index in [2.05, 4.69) is 20.7 Å². The van der Waals surface area contributed by atoms with Crippen LogP contribution in [0.15, 0.2) is 34.7 Å². The number of alkyl halides is 1. The van der Waals surface area contributed by atoms with Crippen molar-refractivity contribution in [1.82, 2.24) is 4.72 Å². The number of nitrogens with one attached hydrogen (secondary N) is 1. The van der Waals surface area contributed by atoms with Crippen LogP contribution in [0.3, 0.4) is 0 Å². The van der Waals surface area contributed by atoms with E-state index in [1.54, 1.807) is 6.92 Å². The summed E-state index contributed by atoms with van der Waals surface area (Å²) in [5, 5.41) is 0.965. The quantitative estimate of drug-likeness (QED) is 0.882. The van der Waals surface area contributed by atoms with Crippen molar-refractivity contribution in [3.8, 4) is 0 Å². The van der Waals surface area contributed by atoms with Crippen LogP contribution in [-0.4, -0.2) is 13.1 Å². The van der Waals surface area contributed by atoms with Crippen LogP contribution >= 0.6 is 15.9 Å². The Morgan fingerprint density at radius 3 is 2.76 bits per heavy atom. The molecule has 0 saturated heterocycles. The Hall–Kier alpha value is -0.850. The maximum Gasteiger partial charge on any atom is 0.222 e. The minimum atomic E-state index is -3.30. The summed E-state index contributed by atoms with van der Waals surface area (Å²) in [6, 6.07) is 9.03. The fourth-order valence-corrected chi connectivity index (χ4v) is 2.69. The fraction of sp³-hybridized carbons (Fsp3) is 0.273. The molecule has 0 radical (unpaired) electrons. The van der Waals surface area contributed by atoms with E-state index in [4.69, 9.17) is 4.42 Å². The molecule has 6 heteroatoms. The van der Waals surface area contributed by atoms with Crippen LogP contribution < -0.4 is 4.72 Å². The van der Waals surface area contributed by atoms with Crippen LogP contribution in [0, 0.1) is 0 Å². The second-order valence-corrected chi connectivity index (χ2v) is 6.81. The maximum absolute atomic E-state index is 11.4. The van der Waals surface area contributed by atoms with Gasteiger partial charge in [0.25, 0.3) is 0 Å². The van der Waals surface area contributed by atoms with Crippen LogP contribution in [0.2, 0.25) is 0 Å². The smallest absolute Gasteiger partial charge is 0.222 e. The highest BCUT2D eigenvalue weighted by Crippen LogP contribution is 2.23. The monoisotopic (exact) mass is 317 g/mol. The summed E-state index contributed by atoms with van der Waals surface area (Å²) in [6.07, 6.45) is 0. The van der Waals surface area contributed by atoms with Gasteiger partial charge in [0, 0.05) is 5.39 Å². The number of fused-ring (bicyclic) bond motifs is 1. The highest BCUT2D eigenvalue weighted by Gasteiger charge is 2.17. The third kappa shape index (κ3) is 2.88. The summed E-state index contributed by atoms with van der Waals surface area (Å²) in [5.74, 6) is 0.607. The van der Waals surface area contributed by atoms with E-state index < -0.39 is 10.0 Å². The zero-order chi connectivity index (χ0) is 12.5. The van der Waals surface area contributed by atoms with Crippen molar-refractivity contribution >= 4 is 36.9 Å². The lowest BCUT2D eigenvalue weighted by atomic mass is 10.2. The van der Waals surface area contributed by atoms with Crippen LogP contribution in [0.1, 0.15) is 18.7 Å². The minimum Gasteiger partial charge on any atom is -0.459 e. The number of hydrogen-bond donors (Lipinski definition) is 1. The molecule has 1 aromatic carbocycles. The molecule has 0 amide bonds. The Morgan fingerprint density at radius 1 is 1.41 bits per heavy atom. The molecule has 1 aromatic heterocycles. The van der Waals surface area contributed by atoms with Crippen LogP contribution in [-0.2, 0) is 10.0 Å². The molecule has 0 bridgehead atoms. The lowest BCUT2D eigenvalue weighted by molar-refractivity contribution is 0.486. The number of furan rings is 1. The van der Waals surface area contributed by atoms with Gasteiger partial charge in [-0.1, -0.05) is 34.1 Å². The Labute approximate surface area is 108 Å². The fourth-order valence-electron chi connectivity index (χ4n) is 1.57. The average molecular weight is 318 g/mol. The van der Waals surface area contributed by atoms with Crippen LogP contribution in [0.25, 0.3) is 11.0 Å². The molecule has 0 aliphatic heterocycles. The van der Waals surface area contributed by atoms with Gasteiger partial charge in [0.15, 0.2) is 0 Å². The summed E-state index contributed by atoms with van der Waals surface area (Å²) < 4.78 is 30.8. The van der Waals surface area contributed by atoms with E-state index in [0.717, 1.165) is 11.0 Å². The highest BCUT2D eigenvalue weighted by atomic mass is 79.9. The molecule has 17 heavy (non-hydrogen) atoms. The second-order valence-electron chi connectivity index (χ2n) is 3.75. The molecule has 4 nitrogen and oxygen atoms in total. The Bertz CT molecular complexity index is 587. The molecular formula is C11H12BrNO3S. The van der Waals surface area contributed by atoms with E-state index in [9.17, 15) is 8.42 Å². The number of hydrogen-bond acceptors (Lipinski definition) is 3. The van der Waals surface area contributed by atoms with Gasteiger partial charge >= 0.3 is 0 Å². The maximum atomic E-state index is 11.4. The van der Waals surface area contributed by atoms with Crippen molar-refractivity contribution in [2.24, 2.45) is 0 Å². The highest BCUT2D eigenvalue weighted by molar-refractivity contribution is 9.10. The molecule has 1 heterocycles. The molecule has 0 fully saturated rings. The summed E-state index contributed by atoms with van der Waals surface area (Å²) in [7, 11) is -3.30. The van der Waals surface area contributed by atoms with Gasteiger partial charge in [0.05, 0.1) is 6.04 Å². The summed E-state index contributed by atoms with van der Waals surface area (Å²) >= 11 is 2.93. The zero-order valence-corrected chi connectivity index (χ0v) is 11.6. The SMILES string of the molecule is CC(NS(=O)(=O)CBr)c1cc2ccccc2o1. The molecular weight excluding hydrogens is 306 g/mol. The van der Waals surface area contributed by atoms with Gasteiger partial charge < -0.3 is 4.42 Å². The van der Waals surface area contributed by atoms with Gasteiger partial charge in [-0.15, -0.1) is 0 Å². The Balaban J connectivity index is 2.28. The third-order valence-electron chi connectivity index (χ3n) is 2.37. The second kappa shape index (κ2) is 4.80. The average Bonchev–Trinajstić information content (AvgIpc) is 2.72. The molecule has 1 atom stereocenters. The van der Waals surface area contributed by atoms with Crippen molar-refractivity contribution in [3.63, 3.8) is 0 Å². The Morgan fingerprint density at radius 2 is 2.12 bits per heavy atom. The molecule has 92 valence electrons. The molecule has 2 aromatic rings. The first kappa shape index (κ1) is 12.6. The molecule has 1 N–H and O–H groups in total. The largest absolute Gasteiger partial charge is 0.459 e. The number of benzene rings is 1. The van der Waals surface area contributed by atoms with Gasteiger partial charge in [0.2, 0.25) is 10.0 Å². The number of rotatable bonds is 4. The van der Waals surface area contributed by atoms with Crippen molar-refractivity contribution in [1.29, 1.82) is 0 Å². The first-order valence-corrected chi connectivity index (χ1v) is 7.83. The molecule has 1 unspecified atom stereocenters. The predicted octanol–water partition coefficient (Wildman–Crippen LogP) is 2.77. The van der Waals surface area contributed by atoms with Crippen LogP contribution in [0.4, 0.5) is 0 Å². The summed E-state index contributed by atoms with van der Waals surface area (Å²) in [5.41, 5.74) is 0.757. The first-order valence-electron chi connectivity index (χ1n) is 5.06. The van der Waals surface area contributed by atoms with Crippen LogP contribution in [0.5, 0.6) is 0 Å². The zero-order valence-electron chi connectivity index (χ0n) is 9.18. The van der Waals surface area contributed by atoms with E-state index in [-0.39, 0.29) is 10.7 Å². The van der Waals surface area contributed by atoms with E-state index in [0.29, 0.717) is 5.76 Å². The van der Waals surface area contributed by atoms with Crippen molar-refractivity contribution < 1.29 is 12.8 Å². The lowest BCUT2D eigenvalue weighted by Gasteiger charge is -2.09. The van der Waals surface area contributed by atoms with Crippen molar-refractivity contribution in [3.05, 3.63) is 36.1 Å². The summed E-state index contributed by atoms with van der Waals surface area (Å²) in [6.45, 7) is 1.75. The predicted molar refractivity (Wildman–Crippen MR) is 70.5 cm³/mol. The minimum absolute atomic E-state index is 0.120. The third-order valence-corrected chi connectivity index (χ3v) is 5.18. The number of halogens is 1. The topological polar surface area (TPSA) is 59.3 Å². The standard InChI is InChI=1S/C11H12BrNO3S/c1-8(13-17(14,15)7-12)11-6-9-4-2-3-5-10(9)16-11/h2-6,8,13H,7H2,1H3. The molecule has 2 rings (SSSR count). The lowest BCUT2D eigenvalue weighted by Crippen LogP contribution is -2.27. The molecule has 0 aliphatic carbocycles. The summed E-state index contributed by atoms with van der Waals surface area (Å²) in [4.78, 5) is 0. The van der Waals surface area contributed by atoms with Crippen molar-refractivity contribution in [2.75, 3.05) is 4.66 Å². The Kier molecular flexibility index (Phi) is 3.56. The number of para-hydroxylation sites is 1. The van der Waals surface area contributed by atoms with Gasteiger partial charge in [-0.25, -0.2) is 13.1 Å². The normalized spacial score (nSPS) is 14.0. The molecule has 0 aliphatic rings. The van der Waals surface area contributed by atoms with Gasteiger partial charge in [-0.05, 0) is 19.1 Å². The van der Waals surface area contributed by atoms with Crippen molar-refractivity contribution in [2.45, 2.75) is 13.0 Å². The van der Waals surface area contributed by atoms with E-state index in [1.165, 1.54) is 0 Å². The van der Waals surface area contributed by atoms with Gasteiger partial charge in [0.1, 0.15) is 16.0 Å². The van der Waals surface area contributed by atoms with Gasteiger partial charge in [-0.2, -0.15) is 0 Å². The molecule has 0 spiro atoms. The van der Waals surface area contributed by atoms with Gasteiger partial charge in [-0.3, -0.25) is 0 Å². The number of sulfonamides is 1. The van der Waals surface area contributed by atoms with E-state index >= 15 is 0 Å².